The molecule has 0 saturated carbocycles. The molecule has 0 aliphatic carbocycles. The lowest BCUT2D eigenvalue weighted by atomic mass is 10.2. The summed E-state index contributed by atoms with van der Waals surface area (Å²) >= 11 is 0. The summed E-state index contributed by atoms with van der Waals surface area (Å²) in [5, 5.41) is 10.3. The Balaban J connectivity index is 2.30. The number of carbonyl (C=O) groups is 1. The van der Waals surface area contributed by atoms with E-state index in [-0.39, 0.29) is 12.5 Å². The van der Waals surface area contributed by atoms with Crippen molar-refractivity contribution in [3.05, 3.63) is 24.4 Å². The Morgan fingerprint density at radius 3 is 3.21 bits per heavy atom. The molecule has 0 atom stereocenters. The van der Waals surface area contributed by atoms with Crippen LogP contribution in [0.5, 0.6) is 0 Å². The number of aromatic amines is 1. The average Bonchev–Trinajstić information content (AvgIpc) is 2.64. The molecule has 0 fully saturated rings. The number of hydrogen-bond donors (Lipinski definition) is 3. The fourth-order valence-corrected chi connectivity index (χ4v) is 1.23. The van der Waals surface area contributed by atoms with Gasteiger partial charge < -0.3 is 11.1 Å². The molecule has 1 aromatic carbocycles. The second-order valence-corrected chi connectivity index (χ2v) is 2.92. The normalized spacial score (nSPS) is 10.4. The van der Waals surface area contributed by atoms with Gasteiger partial charge in [0.05, 0.1) is 18.3 Å². The molecule has 2 aromatic rings. The predicted molar refractivity (Wildman–Crippen MR) is 53.8 cm³/mol. The van der Waals surface area contributed by atoms with Gasteiger partial charge in [0.15, 0.2) is 0 Å². The van der Waals surface area contributed by atoms with E-state index in [9.17, 15) is 4.79 Å². The van der Waals surface area contributed by atoms with Crippen LogP contribution in [0.1, 0.15) is 0 Å². The van der Waals surface area contributed by atoms with Crippen LogP contribution in [0, 0.1) is 0 Å². The van der Waals surface area contributed by atoms with Crippen LogP contribution >= 0.6 is 0 Å². The Hall–Kier alpha value is -1.88. The van der Waals surface area contributed by atoms with E-state index in [1.807, 2.05) is 12.1 Å². The van der Waals surface area contributed by atoms with Crippen LogP contribution in [0.25, 0.3) is 10.9 Å². The van der Waals surface area contributed by atoms with Gasteiger partial charge in [0.25, 0.3) is 0 Å². The Labute approximate surface area is 80.3 Å². The summed E-state index contributed by atoms with van der Waals surface area (Å²) in [7, 11) is 0. The molecule has 0 radical (unpaired) electrons. The first-order valence-corrected chi connectivity index (χ1v) is 4.22. The number of nitrogens with zero attached hydrogens (tertiary/aromatic N) is 1. The number of anilines is 1. The smallest absolute Gasteiger partial charge is 0.238 e. The molecule has 1 amide bonds. The van der Waals surface area contributed by atoms with Crippen LogP contribution in [-0.2, 0) is 4.79 Å². The van der Waals surface area contributed by atoms with Gasteiger partial charge in [-0.1, -0.05) is 0 Å². The second kappa shape index (κ2) is 3.47. The Morgan fingerprint density at radius 1 is 1.57 bits per heavy atom. The van der Waals surface area contributed by atoms with Crippen molar-refractivity contribution in [3.8, 4) is 0 Å². The minimum atomic E-state index is -0.201. The molecule has 0 spiro atoms. The molecule has 14 heavy (non-hydrogen) atoms. The molecule has 5 heteroatoms. The van der Waals surface area contributed by atoms with Gasteiger partial charge in [-0.15, -0.1) is 0 Å². The summed E-state index contributed by atoms with van der Waals surface area (Å²) in [6, 6.07) is 5.49. The van der Waals surface area contributed by atoms with Gasteiger partial charge in [0, 0.05) is 11.1 Å². The van der Waals surface area contributed by atoms with Crippen molar-refractivity contribution in [2.75, 3.05) is 11.9 Å². The number of H-pyrrole nitrogens is 1. The van der Waals surface area contributed by atoms with Gasteiger partial charge >= 0.3 is 0 Å². The zero-order valence-electron chi connectivity index (χ0n) is 7.45. The molecular formula is C9H10N4O. The van der Waals surface area contributed by atoms with Crippen molar-refractivity contribution in [1.82, 2.24) is 10.2 Å². The van der Waals surface area contributed by atoms with E-state index in [4.69, 9.17) is 5.73 Å². The van der Waals surface area contributed by atoms with Gasteiger partial charge in [-0.2, -0.15) is 5.10 Å². The van der Waals surface area contributed by atoms with Gasteiger partial charge in [-0.05, 0) is 18.2 Å². The van der Waals surface area contributed by atoms with Crippen LogP contribution in [-0.4, -0.2) is 22.6 Å². The second-order valence-electron chi connectivity index (χ2n) is 2.92. The third-order valence-electron chi connectivity index (χ3n) is 1.91. The molecule has 1 heterocycles. The van der Waals surface area contributed by atoms with E-state index >= 15 is 0 Å². The highest BCUT2D eigenvalue weighted by Crippen LogP contribution is 2.16. The molecule has 2 rings (SSSR count). The molecular weight excluding hydrogens is 180 g/mol. The number of carbonyl (C=O) groups excluding carboxylic acids is 1. The van der Waals surface area contributed by atoms with Crippen molar-refractivity contribution in [3.63, 3.8) is 0 Å². The van der Waals surface area contributed by atoms with Gasteiger partial charge in [0.1, 0.15) is 0 Å². The summed E-state index contributed by atoms with van der Waals surface area (Å²) in [5.74, 6) is -0.201. The molecule has 0 bridgehead atoms. The van der Waals surface area contributed by atoms with E-state index in [0.29, 0.717) is 0 Å². The van der Waals surface area contributed by atoms with Crippen LogP contribution in [0.4, 0.5) is 5.69 Å². The molecule has 0 unspecified atom stereocenters. The summed E-state index contributed by atoms with van der Waals surface area (Å²) in [6.45, 7) is -0.0105. The number of fused-ring (bicyclic) bond motifs is 1. The van der Waals surface area contributed by atoms with E-state index in [1.54, 1.807) is 12.3 Å². The quantitative estimate of drug-likeness (QED) is 0.643. The number of benzene rings is 1. The third-order valence-corrected chi connectivity index (χ3v) is 1.91. The fourth-order valence-electron chi connectivity index (χ4n) is 1.23. The Kier molecular flexibility index (Phi) is 2.16. The average molecular weight is 190 g/mol. The van der Waals surface area contributed by atoms with Crippen molar-refractivity contribution < 1.29 is 4.79 Å². The van der Waals surface area contributed by atoms with E-state index in [1.165, 1.54) is 0 Å². The highest BCUT2D eigenvalue weighted by atomic mass is 16.1. The maximum atomic E-state index is 11.0. The first-order valence-electron chi connectivity index (χ1n) is 4.22. The number of aromatic nitrogens is 2. The van der Waals surface area contributed by atoms with Crippen LogP contribution in [0.3, 0.4) is 0 Å². The first-order chi connectivity index (χ1) is 6.79. The van der Waals surface area contributed by atoms with Crippen molar-refractivity contribution >= 4 is 22.5 Å². The molecule has 1 aromatic heterocycles. The van der Waals surface area contributed by atoms with Crippen molar-refractivity contribution in [1.29, 1.82) is 0 Å². The molecule has 0 saturated heterocycles. The van der Waals surface area contributed by atoms with Crippen molar-refractivity contribution in [2.24, 2.45) is 5.73 Å². The van der Waals surface area contributed by atoms with Crippen LogP contribution in [0.2, 0.25) is 0 Å². The largest absolute Gasteiger partial charge is 0.325 e. The summed E-state index contributed by atoms with van der Waals surface area (Å²) < 4.78 is 0. The van der Waals surface area contributed by atoms with E-state index in [2.05, 4.69) is 15.5 Å². The lowest BCUT2D eigenvalue weighted by molar-refractivity contribution is -0.114. The standard InChI is InChI=1S/C9H10N4O/c10-4-9(14)12-7-1-2-8-6(3-7)5-11-13-8/h1-3,5H,4,10H2,(H,11,13)(H,12,14). The molecule has 0 aliphatic heterocycles. The summed E-state index contributed by atoms with van der Waals surface area (Å²) in [5.41, 5.74) is 6.85. The third kappa shape index (κ3) is 1.57. The number of hydrogen-bond acceptors (Lipinski definition) is 3. The molecule has 0 aliphatic rings. The van der Waals surface area contributed by atoms with Gasteiger partial charge in [0.2, 0.25) is 5.91 Å². The van der Waals surface area contributed by atoms with E-state index in [0.717, 1.165) is 16.6 Å². The minimum Gasteiger partial charge on any atom is -0.325 e. The van der Waals surface area contributed by atoms with Crippen LogP contribution < -0.4 is 11.1 Å². The summed E-state index contributed by atoms with van der Waals surface area (Å²) in [4.78, 5) is 11.0. The van der Waals surface area contributed by atoms with Crippen LogP contribution in [0.15, 0.2) is 24.4 Å². The minimum absolute atomic E-state index is 0.0105. The predicted octanol–water partition coefficient (Wildman–Crippen LogP) is 0.460. The zero-order chi connectivity index (χ0) is 9.97. The molecule has 5 nitrogen and oxygen atoms in total. The monoisotopic (exact) mass is 190 g/mol. The lowest BCUT2D eigenvalue weighted by Crippen LogP contribution is -2.21. The van der Waals surface area contributed by atoms with Crippen molar-refractivity contribution in [2.45, 2.75) is 0 Å². The lowest BCUT2D eigenvalue weighted by Gasteiger charge is -2.02. The fraction of sp³-hybridized carbons (Fsp3) is 0.111. The van der Waals surface area contributed by atoms with Gasteiger partial charge in [-0.3, -0.25) is 9.89 Å². The Bertz CT molecular complexity index is 463. The highest BCUT2D eigenvalue weighted by Gasteiger charge is 2.00. The number of nitrogens with two attached hydrogens (primary N) is 1. The topological polar surface area (TPSA) is 83.8 Å². The summed E-state index contributed by atoms with van der Waals surface area (Å²) in [6.07, 6.45) is 1.70. The van der Waals surface area contributed by atoms with Gasteiger partial charge in [-0.25, -0.2) is 0 Å². The SMILES string of the molecule is NCC(=O)Nc1ccc2[nH]ncc2c1. The molecule has 72 valence electrons. The maximum absolute atomic E-state index is 11.0. The Morgan fingerprint density at radius 2 is 2.43 bits per heavy atom. The first kappa shape index (κ1) is 8.71. The van der Waals surface area contributed by atoms with E-state index < -0.39 is 0 Å². The number of amides is 1. The highest BCUT2D eigenvalue weighted by molar-refractivity contribution is 5.94. The number of rotatable bonds is 2. The maximum Gasteiger partial charge on any atom is 0.238 e. The number of nitrogens with one attached hydrogen (secondary N) is 2. The zero-order valence-corrected chi connectivity index (χ0v) is 7.45. The molecule has 4 N–H and O–H groups in total.